The summed E-state index contributed by atoms with van der Waals surface area (Å²) in [7, 11) is -3.31. The Bertz CT molecular complexity index is 986. The van der Waals surface area contributed by atoms with E-state index in [1.807, 2.05) is 0 Å². The van der Waals surface area contributed by atoms with Crippen LogP contribution in [-0.2, 0) is 22.7 Å². The second-order valence-corrected chi connectivity index (χ2v) is 8.86. The molecular weight excluding hydrogens is 435 g/mol. The molecule has 0 unspecified atom stereocenters. The Hall–Kier alpha value is -2.35. The number of nitrogens with one attached hydrogen (secondary N) is 1. The Labute approximate surface area is 169 Å². The molecule has 2 aromatic rings. The van der Waals surface area contributed by atoms with Crippen molar-refractivity contribution in [2.45, 2.75) is 38.0 Å². The largest absolute Gasteiger partial charge is 0.420 e. The van der Waals surface area contributed by atoms with E-state index in [0.29, 0.717) is 19.0 Å². The molecule has 30 heavy (non-hydrogen) atoms. The van der Waals surface area contributed by atoms with Gasteiger partial charge in [0, 0.05) is 31.5 Å². The molecule has 0 saturated carbocycles. The molecule has 166 valence electrons. The lowest BCUT2D eigenvalue weighted by molar-refractivity contribution is -0.137. The summed E-state index contributed by atoms with van der Waals surface area (Å²) in [4.78, 5) is 11.4. The molecule has 0 spiro atoms. The third-order valence-corrected chi connectivity index (χ3v) is 5.88. The number of hydrogen-bond donors (Lipinski definition) is 1. The topological polar surface area (TPSA) is 93.0 Å². The minimum atomic E-state index is -4.76. The summed E-state index contributed by atoms with van der Waals surface area (Å²) >= 11 is 0. The van der Waals surface area contributed by atoms with Crippen molar-refractivity contribution in [3.05, 3.63) is 24.3 Å². The molecule has 0 aliphatic carbocycles. The number of hydrogen-bond acceptors (Lipinski definition) is 6. The molecule has 0 aromatic carbocycles. The van der Waals surface area contributed by atoms with Crippen molar-refractivity contribution in [1.82, 2.24) is 23.8 Å². The maximum absolute atomic E-state index is 13.4. The zero-order chi connectivity index (χ0) is 22.1. The molecule has 3 rings (SSSR count). The molecule has 0 atom stereocenters. The van der Waals surface area contributed by atoms with Crippen molar-refractivity contribution in [1.29, 1.82) is 0 Å². The molecule has 0 bridgehead atoms. The summed E-state index contributed by atoms with van der Waals surface area (Å²) in [5, 5.41) is 2.92. The van der Waals surface area contributed by atoms with Crippen molar-refractivity contribution >= 4 is 16.0 Å². The number of sulfonamides is 1. The highest BCUT2D eigenvalue weighted by molar-refractivity contribution is 7.88. The zero-order valence-electron chi connectivity index (χ0n) is 15.8. The molecule has 1 fully saturated rings. The van der Waals surface area contributed by atoms with Crippen LogP contribution in [0.1, 0.15) is 18.4 Å². The summed E-state index contributed by atoms with van der Waals surface area (Å²) in [5.41, 5.74) is -1.87. The van der Waals surface area contributed by atoms with Crippen molar-refractivity contribution in [2.24, 2.45) is 0 Å². The van der Waals surface area contributed by atoms with Crippen molar-refractivity contribution < 1.29 is 30.4 Å². The summed E-state index contributed by atoms with van der Waals surface area (Å²) < 4.78 is 90.6. The van der Waals surface area contributed by atoms with Crippen LogP contribution in [0, 0.1) is 0 Å². The minimum absolute atomic E-state index is 0.0841. The molecular formula is C16H19F5N6O2S. The van der Waals surface area contributed by atoms with E-state index >= 15 is 0 Å². The first-order valence-electron chi connectivity index (χ1n) is 8.89. The van der Waals surface area contributed by atoms with Crippen LogP contribution in [0.5, 0.6) is 0 Å². The van der Waals surface area contributed by atoms with Gasteiger partial charge in [-0.3, -0.25) is 0 Å². The molecule has 0 radical (unpaired) electrons. The number of anilines is 1. The fourth-order valence-electron chi connectivity index (χ4n) is 3.11. The maximum Gasteiger partial charge on any atom is 0.420 e. The predicted octanol–water partition coefficient (Wildman–Crippen LogP) is 2.46. The van der Waals surface area contributed by atoms with E-state index in [4.69, 9.17) is 0 Å². The predicted molar refractivity (Wildman–Crippen MR) is 97.3 cm³/mol. The molecule has 1 aliphatic rings. The highest BCUT2D eigenvalue weighted by Gasteiger charge is 2.36. The number of nitrogens with zero attached hydrogens (tertiary/aromatic N) is 5. The third kappa shape index (κ3) is 5.41. The Morgan fingerprint density at radius 3 is 2.47 bits per heavy atom. The normalized spacial score (nSPS) is 16.9. The van der Waals surface area contributed by atoms with Gasteiger partial charge in [0.2, 0.25) is 16.0 Å². The first-order chi connectivity index (χ1) is 13.9. The molecule has 2 aromatic heterocycles. The quantitative estimate of drug-likeness (QED) is 0.675. The van der Waals surface area contributed by atoms with E-state index in [1.54, 1.807) is 0 Å². The molecule has 0 amide bonds. The third-order valence-electron chi connectivity index (χ3n) is 4.58. The van der Waals surface area contributed by atoms with Gasteiger partial charge in [0.1, 0.15) is 17.0 Å². The van der Waals surface area contributed by atoms with Crippen LogP contribution in [0.4, 0.5) is 27.9 Å². The van der Waals surface area contributed by atoms with Crippen molar-refractivity contribution in [3.8, 4) is 11.4 Å². The van der Waals surface area contributed by atoms with E-state index in [1.165, 1.54) is 4.31 Å². The lowest BCUT2D eigenvalue weighted by atomic mass is 10.1. The van der Waals surface area contributed by atoms with Gasteiger partial charge >= 0.3 is 6.18 Å². The summed E-state index contributed by atoms with van der Waals surface area (Å²) in [5.74, 6) is -0.0841. The van der Waals surface area contributed by atoms with E-state index in [-0.39, 0.29) is 30.8 Å². The van der Waals surface area contributed by atoms with Crippen molar-refractivity contribution in [2.75, 3.05) is 24.7 Å². The lowest BCUT2D eigenvalue weighted by Gasteiger charge is -2.30. The van der Waals surface area contributed by atoms with Gasteiger partial charge in [-0.1, -0.05) is 0 Å². The van der Waals surface area contributed by atoms with Crippen molar-refractivity contribution in [3.63, 3.8) is 0 Å². The van der Waals surface area contributed by atoms with Crippen LogP contribution in [0.25, 0.3) is 11.4 Å². The Morgan fingerprint density at radius 1 is 1.23 bits per heavy atom. The number of piperidine rings is 1. The van der Waals surface area contributed by atoms with Crippen LogP contribution >= 0.6 is 0 Å². The Balaban J connectivity index is 1.82. The summed E-state index contributed by atoms with van der Waals surface area (Å²) in [6.45, 7) is -0.173. The number of alkyl halides is 5. The minimum Gasteiger partial charge on any atom is -0.351 e. The number of imidazole rings is 1. The van der Waals surface area contributed by atoms with E-state index in [9.17, 15) is 30.4 Å². The lowest BCUT2D eigenvalue weighted by Crippen LogP contribution is -2.42. The number of halogens is 5. The summed E-state index contributed by atoms with van der Waals surface area (Å²) in [6, 6.07) is -0.232. The standard InChI is InChI=1S/C16H19F5N6O2S/c1-30(28,29)27-4-2-10(3-5-27)24-15-22-6-11(16(19,20)21)14(25-15)12-7-26(9-23-12)8-13(17)18/h6-7,9-10,13H,2-5,8H2,1H3,(H,22,24,25). The SMILES string of the molecule is CS(=O)(=O)N1CCC(Nc2ncc(C(F)(F)F)c(-c3cn(CC(F)F)cn3)n2)CC1. The first-order valence-corrected chi connectivity index (χ1v) is 10.7. The van der Waals surface area contributed by atoms with Crippen LogP contribution in [0.2, 0.25) is 0 Å². The zero-order valence-corrected chi connectivity index (χ0v) is 16.6. The fraction of sp³-hybridized carbons (Fsp3) is 0.562. The molecule has 1 aliphatic heterocycles. The van der Waals surface area contributed by atoms with Crippen LogP contribution in [0.15, 0.2) is 18.7 Å². The smallest absolute Gasteiger partial charge is 0.351 e. The van der Waals surface area contributed by atoms with E-state index < -0.39 is 40.4 Å². The van der Waals surface area contributed by atoms with Gasteiger partial charge in [-0.05, 0) is 12.8 Å². The summed E-state index contributed by atoms with van der Waals surface area (Å²) in [6.07, 6.45) is -2.79. The van der Waals surface area contributed by atoms with Gasteiger partial charge in [-0.2, -0.15) is 13.2 Å². The number of rotatable bonds is 6. The second-order valence-electron chi connectivity index (χ2n) is 6.88. The molecule has 1 saturated heterocycles. The molecule has 1 N–H and O–H groups in total. The van der Waals surface area contributed by atoms with Gasteiger partial charge < -0.3 is 9.88 Å². The van der Waals surface area contributed by atoms with Gasteiger partial charge in [0.15, 0.2) is 0 Å². The highest BCUT2D eigenvalue weighted by atomic mass is 32.2. The van der Waals surface area contributed by atoms with Gasteiger partial charge in [0.05, 0.1) is 19.1 Å². The van der Waals surface area contributed by atoms with Crippen LogP contribution in [-0.4, -0.2) is 64.1 Å². The monoisotopic (exact) mass is 454 g/mol. The average molecular weight is 454 g/mol. The second kappa shape index (κ2) is 8.41. The van der Waals surface area contributed by atoms with Crippen LogP contribution < -0.4 is 5.32 Å². The van der Waals surface area contributed by atoms with E-state index in [2.05, 4.69) is 20.3 Å². The first kappa shape index (κ1) is 22.3. The van der Waals surface area contributed by atoms with Crippen LogP contribution in [0.3, 0.4) is 0 Å². The molecule has 14 heteroatoms. The number of aromatic nitrogens is 4. The maximum atomic E-state index is 13.4. The molecule has 3 heterocycles. The highest BCUT2D eigenvalue weighted by Crippen LogP contribution is 2.35. The molecule has 8 nitrogen and oxygen atoms in total. The van der Waals surface area contributed by atoms with Gasteiger partial charge in [0.25, 0.3) is 6.43 Å². The Morgan fingerprint density at radius 2 is 1.90 bits per heavy atom. The van der Waals surface area contributed by atoms with Gasteiger partial charge in [-0.25, -0.2) is 36.5 Å². The van der Waals surface area contributed by atoms with E-state index in [0.717, 1.165) is 23.3 Å². The van der Waals surface area contributed by atoms with Gasteiger partial charge in [-0.15, -0.1) is 0 Å². The average Bonchev–Trinajstić information content (AvgIpc) is 3.08. The Kier molecular flexibility index (Phi) is 6.26. The fourth-order valence-corrected chi connectivity index (χ4v) is 3.98.